The van der Waals surface area contributed by atoms with Gasteiger partial charge in [-0.05, 0) is 0 Å². The Kier molecular flexibility index (Phi) is 13.9. The third kappa shape index (κ3) is 9.43. The van der Waals surface area contributed by atoms with Crippen LogP contribution in [0.2, 0.25) is 0 Å². The first-order chi connectivity index (χ1) is 3.41. The van der Waals surface area contributed by atoms with Crippen LogP contribution in [0.15, 0.2) is 0 Å². The molecule has 7 heteroatoms. The molecule has 0 aliphatic carbocycles. The lowest BCUT2D eigenvalue weighted by Gasteiger charge is -1.82. The maximum atomic E-state index is 9.37. The summed E-state index contributed by atoms with van der Waals surface area (Å²) in [5.41, 5.74) is 0. The van der Waals surface area contributed by atoms with E-state index in [0.29, 0.717) is 0 Å². The molecule has 0 fully saturated rings. The van der Waals surface area contributed by atoms with Gasteiger partial charge < -0.3 is 6.15 Å². The standard InChI is InChI=1S/CH2O4P2.H3N/c2-6-4-1-5-7-3;/h1H2;1H3. The molecule has 3 N–H and O–H groups in total. The summed E-state index contributed by atoms with van der Waals surface area (Å²) in [5, 5.41) is 0. The Labute approximate surface area is 49.5 Å². The molecule has 0 aromatic heterocycles. The van der Waals surface area contributed by atoms with Crippen LogP contribution in [0.3, 0.4) is 0 Å². The third-order valence-electron chi connectivity index (χ3n) is 0.211. The number of hydrogen-bond donors (Lipinski definition) is 1. The van der Waals surface area contributed by atoms with Crippen LogP contribution in [0.4, 0.5) is 0 Å². The smallest absolute Gasteiger partial charge is 0.329 e. The molecule has 0 saturated heterocycles. The normalized spacial score (nSPS) is 9.00. The fourth-order valence-corrected chi connectivity index (χ4v) is 0.341. The van der Waals surface area contributed by atoms with E-state index in [1.165, 1.54) is 0 Å². The molecule has 0 saturated carbocycles. The first-order valence-electron chi connectivity index (χ1n) is 1.31. The molecule has 0 heterocycles. The second-order valence-corrected chi connectivity index (χ2v) is 1.34. The van der Waals surface area contributed by atoms with E-state index in [9.17, 15) is 9.13 Å². The Bertz CT molecular complexity index is 59.1. The molecule has 0 atom stereocenters. The minimum atomic E-state index is -0.464. The second kappa shape index (κ2) is 10.1. The van der Waals surface area contributed by atoms with Crippen LogP contribution in [-0.2, 0) is 18.2 Å². The highest BCUT2D eigenvalue weighted by Gasteiger charge is 1.79. The minimum Gasteiger partial charge on any atom is -0.344 e. The van der Waals surface area contributed by atoms with Crippen LogP contribution in [0.25, 0.3) is 0 Å². The van der Waals surface area contributed by atoms with E-state index < -0.39 is 17.4 Å². The van der Waals surface area contributed by atoms with Gasteiger partial charge in [-0.2, -0.15) is 0 Å². The topological polar surface area (TPSA) is 87.6 Å². The first-order valence-corrected chi connectivity index (χ1v) is 2.77. The summed E-state index contributed by atoms with van der Waals surface area (Å²) in [7, 11) is -0.927. The van der Waals surface area contributed by atoms with Gasteiger partial charge in [0.2, 0.25) is 0 Å². The highest BCUT2D eigenvalue weighted by atomic mass is 31.1. The predicted molar refractivity (Wildman–Crippen MR) is 27.3 cm³/mol. The molecule has 48 valence electrons. The molecule has 0 unspecified atom stereocenters. The predicted octanol–water partition coefficient (Wildman–Crippen LogP) is 1.55. The molecule has 0 aromatic carbocycles. The summed E-state index contributed by atoms with van der Waals surface area (Å²) in [6.45, 7) is -0.212. The van der Waals surface area contributed by atoms with Crippen molar-refractivity contribution in [3.63, 3.8) is 0 Å². The van der Waals surface area contributed by atoms with Gasteiger partial charge in [0.15, 0.2) is 6.79 Å². The minimum absolute atomic E-state index is 0. The van der Waals surface area contributed by atoms with E-state index in [0.717, 1.165) is 0 Å². The lowest BCUT2D eigenvalue weighted by molar-refractivity contribution is 0.148. The fraction of sp³-hybridized carbons (Fsp3) is 1.00. The first kappa shape index (κ1) is 11.0. The van der Waals surface area contributed by atoms with Gasteiger partial charge in [-0.3, -0.25) is 9.05 Å². The van der Waals surface area contributed by atoms with Crippen molar-refractivity contribution in [2.24, 2.45) is 0 Å². The summed E-state index contributed by atoms with van der Waals surface area (Å²) in [6.07, 6.45) is 0. The van der Waals surface area contributed by atoms with Crippen LogP contribution in [0.5, 0.6) is 0 Å². The van der Waals surface area contributed by atoms with Gasteiger partial charge in [0, 0.05) is 0 Å². The van der Waals surface area contributed by atoms with Crippen LogP contribution in [0.1, 0.15) is 0 Å². The van der Waals surface area contributed by atoms with Gasteiger partial charge in [0.05, 0.1) is 0 Å². The van der Waals surface area contributed by atoms with E-state index in [2.05, 4.69) is 9.05 Å². The van der Waals surface area contributed by atoms with Crippen LogP contribution in [-0.4, -0.2) is 6.79 Å². The van der Waals surface area contributed by atoms with Crippen molar-refractivity contribution in [1.29, 1.82) is 0 Å². The zero-order valence-electron chi connectivity index (χ0n) is 3.94. The van der Waals surface area contributed by atoms with E-state index >= 15 is 0 Å². The van der Waals surface area contributed by atoms with E-state index in [-0.39, 0.29) is 12.9 Å². The second-order valence-electron chi connectivity index (χ2n) is 0.525. The molecule has 0 bridgehead atoms. The van der Waals surface area contributed by atoms with Crippen molar-refractivity contribution in [3.05, 3.63) is 0 Å². The van der Waals surface area contributed by atoms with Crippen molar-refractivity contribution in [1.82, 2.24) is 6.15 Å². The maximum Gasteiger partial charge on any atom is 0.329 e. The lowest BCUT2D eigenvalue weighted by Crippen LogP contribution is -1.77. The van der Waals surface area contributed by atoms with Gasteiger partial charge in [-0.15, -0.1) is 0 Å². The average Bonchev–Trinajstić information content (AvgIpc) is 1.69. The van der Waals surface area contributed by atoms with Gasteiger partial charge in [-0.25, -0.2) is 9.13 Å². The maximum absolute atomic E-state index is 9.37. The Morgan fingerprint density at radius 2 is 1.50 bits per heavy atom. The quantitative estimate of drug-likeness (QED) is 0.380. The lowest BCUT2D eigenvalue weighted by atomic mass is 11.6. The average molecular weight is 157 g/mol. The summed E-state index contributed by atoms with van der Waals surface area (Å²) in [6, 6.07) is 0. The zero-order valence-corrected chi connectivity index (χ0v) is 5.73. The zero-order chi connectivity index (χ0) is 5.54. The molecule has 0 aliphatic heterocycles. The summed E-state index contributed by atoms with van der Waals surface area (Å²) >= 11 is 0. The molecule has 0 amide bonds. The summed E-state index contributed by atoms with van der Waals surface area (Å²) in [4.78, 5) is 0. The van der Waals surface area contributed by atoms with Crippen LogP contribution >= 0.6 is 17.4 Å². The van der Waals surface area contributed by atoms with Gasteiger partial charge in [-0.1, -0.05) is 0 Å². The van der Waals surface area contributed by atoms with Crippen LogP contribution in [0, 0.1) is 0 Å². The number of rotatable bonds is 4. The highest BCUT2D eigenvalue weighted by molar-refractivity contribution is 7.18. The summed E-state index contributed by atoms with van der Waals surface area (Å²) in [5.74, 6) is 0. The molecular weight excluding hydrogens is 152 g/mol. The van der Waals surface area contributed by atoms with Gasteiger partial charge >= 0.3 is 17.4 Å². The SMILES string of the molecule is N.O=POCOP=O. The Hall–Kier alpha value is 0.0800. The van der Waals surface area contributed by atoms with Crippen LogP contribution < -0.4 is 6.15 Å². The van der Waals surface area contributed by atoms with E-state index in [4.69, 9.17) is 0 Å². The van der Waals surface area contributed by atoms with E-state index in [1.807, 2.05) is 0 Å². The van der Waals surface area contributed by atoms with Crippen molar-refractivity contribution < 1.29 is 18.2 Å². The number of hydrogen-bond acceptors (Lipinski definition) is 5. The molecule has 0 aromatic rings. The Balaban J connectivity index is 0. The van der Waals surface area contributed by atoms with Crippen molar-refractivity contribution >= 4 is 17.4 Å². The summed E-state index contributed by atoms with van der Waals surface area (Å²) < 4.78 is 26.9. The molecular formula is CH5NO4P2. The third-order valence-corrected chi connectivity index (χ3v) is 0.632. The Morgan fingerprint density at radius 1 is 1.12 bits per heavy atom. The molecule has 5 nitrogen and oxygen atoms in total. The monoisotopic (exact) mass is 157 g/mol. The van der Waals surface area contributed by atoms with E-state index in [1.54, 1.807) is 0 Å². The van der Waals surface area contributed by atoms with Crippen molar-refractivity contribution in [2.45, 2.75) is 0 Å². The Morgan fingerprint density at radius 3 is 1.75 bits per heavy atom. The molecule has 0 rings (SSSR count). The molecule has 8 heavy (non-hydrogen) atoms. The van der Waals surface area contributed by atoms with Crippen molar-refractivity contribution in [2.75, 3.05) is 6.79 Å². The highest BCUT2D eigenvalue weighted by Crippen LogP contribution is 1.98. The largest absolute Gasteiger partial charge is 0.344 e. The molecule has 0 radical (unpaired) electrons. The molecule has 0 aliphatic rings. The fourth-order valence-electron chi connectivity index (χ4n) is 0.0666. The molecule has 0 spiro atoms. The van der Waals surface area contributed by atoms with Gasteiger partial charge in [0.25, 0.3) is 0 Å². The van der Waals surface area contributed by atoms with Gasteiger partial charge in [0.1, 0.15) is 0 Å². The van der Waals surface area contributed by atoms with Crippen molar-refractivity contribution in [3.8, 4) is 0 Å².